The van der Waals surface area contributed by atoms with Gasteiger partial charge in [-0.05, 0) is 14.1 Å². The molecule has 0 aromatic rings. The van der Waals surface area contributed by atoms with E-state index in [9.17, 15) is 4.79 Å². The van der Waals surface area contributed by atoms with Crippen molar-refractivity contribution in [3.8, 4) is 0 Å². The van der Waals surface area contributed by atoms with E-state index in [1.54, 1.807) is 0 Å². The monoisotopic (exact) mass is 118 g/mol. The predicted molar refractivity (Wildman–Crippen MR) is 30.8 cm³/mol. The maximum absolute atomic E-state index is 9.88. The molecular weight excluding hydrogens is 107 g/mol. The highest BCUT2D eigenvalue weighted by atomic mass is 16.4. The fraction of sp³-hybridized carbons (Fsp3) is 0.800. The van der Waals surface area contributed by atoms with E-state index in [1.807, 2.05) is 19.0 Å². The third-order valence-electron chi connectivity index (χ3n) is 0.773. The lowest BCUT2D eigenvalue weighted by Gasteiger charge is -2.04. The summed E-state index contributed by atoms with van der Waals surface area (Å²) >= 11 is 0. The molecule has 0 aliphatic heterocycles. The maximum atomic E-state index is 9.88. The summed E-state index contributed by atoms with van der Waals surface area (Å²) in [4.78, 5) is 11.7. The minimum atomic E-state index is -0.737. The Bertz CT molecular complexity index is 80.5. The molecule has 0 aliphatic rings. The van der Waals surface area contributed by atoms with Crippen LogP contribution in [-0.4, -0.2) is 36.6 Å². The Morgan fingerprint density at radius 3 is 2.25 bits per heavy atom. The van der Waals surface area contributed by atoms with Crippen molar-refractivity contribution in [1.82, 2.24) is 4.90 Å². The van der Waals surface area contributed by atoms with Crippen LogP contribution in [0.5, 0.6) is 0 Å². The highest BCUT2D eigenvalue weighted by Gasteiger charge is 1.95. The smallest absolute Gasteiger partial charge is 0.304 e. The van der Waals surface area contributed by atoms with Gasteiger partial charge in [-0.3, -0.25) is 4.79 Å². The molecule has 0 fully saturated rings. The van der Waals surface area contributed by atoms with Crippen LogP contribution in [0.25, 0.3) is 0 Å². The van der Waals surface area contributed by atoms with E-state index in [-0.39, 0.29) is 6.42 Å². The Balaban J connectivity index is 3.05. The van der Waals surface area contributed by atoms with Crippen LogP contribution in [0.15, 0.2) is 0 Å². The van der Waals surface area contributed by atoms with Crippen molar-refractivity contribution in [3.05, 3.63) is 0 Å². The average molecular weight is 118 g/mol. The van der Waals surface area contributed by atoms with Crippen molar-refractivity contribution in [1.29, 1.82) is 0 Å². The van der Waals surface area contributed by atoms with Gasteiger partial charge in [0.15, 0.2) is 0 Å². The standard InChI is InChI=1S/C5H11NO2/c1-6(2)4-3-5(7)8/h3-4H2,1-2H3,(H,7,8)/i4+1. The minimum absolute atomic E-state index is 0.229. The molecule has 0 radical (unpaired) electrons. The van der Waals surface area contributed by atoms with Gasteiger partial charge in [-0.2, -0.15) is 0 Å². The zero-order valence-electron chi connectivity index (χ0n) is 5.22. The second-order valence-corrected chi connectivity index (χ2v) is 1.95. The molecule has 0 amide bonds. The normalized spacial score (nSPS) is 9.88. The van der Waals surface area contributed by atoms with Crippen LogP contribution < -0.4 is 0 Å². The summed E-state index contributed by atoms with van der Waals surface area (Å²) in [6.07, 6.45) is 0.229. The zero-order chi connectivity index (χ0) is 6.57. The van der Waals surface area contributed by atoms with Crippen LogP contribution in [0.1, 0.15) is 6.42 Å². The fourth-order valence-electron chi connectivity index (χ4n) is 0.319. The van der Waals surface area contributed by atoms with Gasteiger partial charge in [-0.15, -0.1) is 0 Å². The van der Waals surface area contributed by atoms with E-state index in [0.717, 1.165) is 0 Å². The first-order valence-electron chi connectivity index (χ1n) is 2.49. The molecular formula is C5H11NO2. The second-order valence-electron chi connectivity index (χ2n) is 1.95. The number of hydrogen-bond acceptors (Lipinski definition) is 2. The van der Waals surface area contributed by atoms with E-state index in [2.05, 4.69) is 0 Å². The molecule has 0 bridgehead atoms. The Morgan fingerprint density at radius 1 is 1.62 bits per heavy atom. The number of rotatable bonds is 3. The van der Waals surface area contributed by atoms with Gasteiger partial charge in [-0.1, -0.05) is 0 Å². The number of hydrogen-bond donors (Lipinski definition) is 1. The quantitative estimate of drug-likeness (QED) is 0.531. The Kier molecular flexibility index (Phi) is 3.19. The summed E-state index contributed by atoms with van der Waals surface area (Å²) < 4.78 is 0. The van der Waals surface area contributed by atoms with Crippen molar-refractivity contribution in [2.45, 2.75) is 6.42 Å². The molecule has 0 unspecified atom stereocenters. The van der Waals surface area contributed by atoms with Crippen LogP contribution >= 0.6 is 0 Å². The molecule has 0 atom stereocenters. The van der Waals surface area contributed by atoms with Crippen molar-refractivity contribution in [3.63, 3.8) is 0 Å². The lowest BCUT2D eigenvalue weighted by Crippen LogP contribution is -2.15. The van der Waals surface area contributed by atoms with Crippen LogP contribution in [0.4, 0.5) is 0 Å². The fourth-order valence-corrected chi connectivity index (χ4v) is 0.319. The molecule has 3 heteroatoms. The van der Waals surface area contributed by atoms with Gasteiger partial charge in [0.2, 0.25) is 0 Å². The largest absolute Gasteiger partial charge is 0.481 e. The highest BCUT2D eigenvalue weighted by Crippen LogP contribution is 1.80. The van der Waals surface area contributed by atoms with Crippen LogP contribution in [0, 0.1) is 0 Å². The molecule has 0 heterocycles. The second kappa shape index (κ2) is 3.43. The van der Waals surface area contributed by atoms with Gasteiger partial charge in [-0.25, -0.2) is 0 Å². The van der Waals surface area contributed by atoms with Gasteiger partial charge in [0.25, 0.3) is 0 Å². The minimum Gasteiger partial charge on any atom is -0.481 e. The summed E-state index contributed by atoms with van der Waals surface area (Å²) in [5.74, 6) is -0.737. The van der Waals surface area contributed by atoms with Gasteiger partial charge in [0, 0.05) is 6.54 Å². The van der Waals surface area contributed by atoms with Gasteiger partial charge in [0.05, 0.1) is 6.42 Å². The predicted octanol–water partition coefficient (Wildman–Crippen LogP) is 0.0227. The number of carbonyl (C=O) groups is 1. The van der Waals surface area contributed by atoms with Crippen LogP contribution in [0.3, 0.4) is 0 Å². The summed E-state index contributed by atoms with van der Waals surface area (Å²) in [6, 6.07) is 0. The molecule has 0 saturated carbocycles. The van der Waals surface area contributed by atoms with E-state index in [0.29, 0.717) is 6.54 Å². The van der Waals surface area contributed by atoms with Crippen molar-refractivity contribution in [2.75, 3.05) is 20.6 Å². The first-order valence-corrected chi connectivity index (χ1v) is 2.49. The molecule has 0 aromatic heterocycles. The van der Waals surface area contributed by atoms with E-state index in [4.69, 9.17) is 5.11 Å². The van der Waals surface area contributed by atoms with Crippen molar-refractivity contribution >= 4 is 5.97 Å². The number of carboxylic acids is 1. The Morgan fingerprint density at radius 2 is 2.12 bits per heavy atom. The van der Waals surface area contributed by atoms with Crippen LogP contribution in [-0.2, 0) is 4.79 Å². The number of carboxylic acid groups (broad SMARTS) is 1. The molecule has 0 aliphatic carbocycles. The summed E-state index contributed by atoms with van der Waals surface area (Å²) in [6.45, 7) is 0.620. The van der Waals surface area contributed by atoms with Crippen LogP contribution in [0.2, 0.25) is 0 Å². The summed E-state index contributed by atoms with van der Waals surface area (Å²) in [5.41, 5.74) is 0. The Hall–Kier alpha value is -0.570. The molecule has 0 rings (SSSR count). The zero-order valence-corrected chi connectivity index (χ0v) is 5.22. The molecule has 1 N–H and O–H groups in total. The summed E-state index contributed by atoms with van der Waals surface area (Å²) in [7, 11) is 3.70. The topological polar surface area (TPSA) is 40.5 Å². The first-order chi connectivity index (χ1) is 3.63. The third-order valence-corrected chi connectivity index (χ3v) is 0.773. The molecule has 0 aromatic carbocycles. The van der Waals surface area contributed by atoms with Crippen molar-refractivity contribution < 1.29 is 9.90 Å². The SMILES string of the molecule is CN(C)[13CH2]CC(=O)O. The average Bonchev–Trinajstić information content (AvgIpc) is 1.61. The van der Waals surface area contributed by atoms with Gasteiger partial charge in [0.1, 0.15) is 0 Å². The highest BCUT2D eigenvalue weighted by molar-refractivity contribution is 5.66. The molecule has 0 spiro atoms. The summed E-state index contributed by atoms with van der Waals surface area (Å²) in [5, 5.41) is 8.14. The lowest BCUT2D eigenvalue weighted by molar-refractivity contribution is -0.137. The molecule has 8 heavy (non-hydrogen) atoms. The van der Waals surface area contributed by atoms with Gasteiger partial charge >= 0.3 is 5.97 Å². The molecule has 48 valence electrons. The lowest BCUT2D eigenvalue weighted by atomic mass is 10.6. The maximum Gasteiger partial charge on any atom is 0.304 e. The van der Waals surface area contributed by atoms with E-state index >= 15 is 0 Å². The molecule has 0 saturated heterocycles. The Labute approximate surface area is 48.9 Å². The van der Waals surface area contributed by atoms with Crippen molar-refractivity contribution in [2.24, 2.45) is 0 Å². The number of nitrogens with zero attached hydrogens (tertiary/aromatic N) is 1. The third kappa shape index (κ3) is 5.43. The number of aliphatic carboxylic acids is 1. The van der Waals surface area contributed by atoms with Gasteiger partial charge < -0.3 is 10.0 Å². The van der Waals surface area contributed by atoms with E-state index < -0.39 is 5.97 Å². The first kappa shape index (κ1) is 7.43. The molecule has 3 nitrogen and oxygen atoms in total. The van der Waals surface area contributed by atoms with E-state index in [1.165, 1.54) is 0 Å².